The third kappa shape index (κ3) is 1.32. The van der Waals surface area contributed by atoms with Gasteiger partial charge in [0.1, 0.15) is 18.4 Å². The highest BCUT2D eigenvalue weighted by molar-refractivity contribution is 5.82. The summed E-state index contributed by atoms with van der Waals surface area (Å²) >= 11 is 0. The lowest BCUT2D eigenvalue weighted by Gasteiger charge is -2.34. The summed E-state index contributed by atoms with van der Waals surface area (Å²) in [4.78, 5) is 15.6. The Morgan fingerprint density at radius 3 is 3.00 bits per heavy atom. The molecule has 0 saturated heterocycles. The molecule has 1 aromatic heterocycles. The molecule has 92 valence electrons. The fourth-order valence-electron chi connectivity index (χ4n) is 2.34. The molecule has 0 bridgehead atoms. The third-order valence-electron chi connectivity index (χ3n) is 3.22. The van der Waals surface area contributed by atoms with Crippen molar-refractivity contribution in [3.05, 3.63) is 42.5 Å². The Labute approximate surface area is 103 Å². The molecule has 2 heterocycles. The molecule has 0 spiro atoms. The lowest BCUT2D eigenvalue weighted by molar-refractivity contribution is -0.147. The van der Waals surface area contributed by atoms with Crippen LogP contribution in [0, 0.1) is 0 Å². The van der Waals surface area contributed by atoms with Gasteiger partial charge in [-0.25, -0.2) is 14.5 Å². The second kappa shape index (κ2) is 3.83. The molecule has 0 radical (unpaired) electrons. The number of fused-ring (bicyclic) bond motifs is 1. The lowest BCUT2D eigenvalue weighted by Crippen LogP contribution is -2.47. The van der Waals surface area contributed by atoms with Crippen molar-refractivity contribution in [2.24, 2.45) is 0 Å². The highest BCUT2D eigenvalue weighted by Crippen LogP contribution is 2.39. The van der Waals surface area contributed by atoms with E-state index in [4.69, 9.17) is 4.74 Å². The van der Waals surface area contributed by atoms with Crippen LogP contribution in [0.5, 0.6) is 5.75 Å². The van der Waals surface area contributed by atoms with Crippen LogP contribution in [0.2, 0.25) is 0 Å². The van der Waals surface area contributed by atoms with Gasteiger partial charge in [0.05, 0.1) is 6.61 Å². The summed E-state index contributed by atoms with van der Waals surface area (Å²) in [6.45, 7) is 0.336. The van der Waals surface area contributed by atoms with E-state index in [1.165, 1.54) is 17.3 Å². The zero-order valence-electron chi connectivity index (χ0n) is 9.48. The van der Waals surface area contributed by atoms with Crippen molar-refractivity contribution in [2.45, 2.75) is 12.0 Å². The summed E-state index contributed by atoms with van der Waals surface area (Å²) in [7, 11) is 0. The van der Waals surface area contributed by atoms with Gasteiger partial charge in [0, 0.05) is 12.0 Å². The van der Waals surface area contributed by atoms with E-state index in [1.54, 1.807) is 18.2 Å². The van der Waals surface area contributed by atoms with Crippen LogP contribution in [0.15, 0.2) is 36.9 Å². The minimum Gasteiger partial charge on any atom is -0.493 e. The van der Waals surface area contributed by atoms with Gasteiger partial charge >= 0.3 is 5.97 Å². The Morgan fingerprint density at radius 2 is 2.28 bits per heavy atom. The first-order chi connectivity index (χ1) is 8.75. The molecule has 1 unspecified atom stereocenters. The Balaban J connectivity index is 2.27. The number of nitrogens with zero attached hydrogens (tertiary/aromatic N) is 3. The van der Waals surface area contributed by atoms with Gasteiger partial charge in [0.2, 0.25) is 0 Å². The lowest BCUT2D eigenvalue weighted by atomic mass is 9.84. The van der Waals surface area contributed by atoms with E-state index in [9.17, 15) is 9.90 Å². The molecule has 2 aromatic rings. The molecule has 1 N–H and O–H groups in total. The number of hydrogen-bond acceptors (Lipinski definition) is 4. The number of carboxylic acid groups (broad SMARTS) is 1. The van der Waals surface area contributed by atoms with Gasteiger partial charge in [-0.2, -0.15) is 5.10 Å². The monoisotopic (exact) mass is 245 g/mol. The SMILES string of the molecule is O=C(O)C1(n2cncn2)CCOc2ccccc21. The summed E-state index contributed by atoms with van der Waals surface area (Å²) in [5.41, 5.74) is -0.625. The summed E-state index contributed by atoms with van der Waals surface area (Å²) in [5, 5.41) is 13.7. The van der Waals surface area contributed by atoms with Crippen molar-refractivity contribution in [2.75, 3.05) is 6.61 Å². The molecular formula is C12H11N3O3. The zero-order valence-corrected chi connectivity index (χ0v) is 9.48. The standard InChI is InChI=1S/C12H11N3O3/c16-11(17)12(15-8-13-7-14-15)5-6-18-10-4-2-1-3-9(10)12/h1-4,7-8H,5-6H2,(H,16,17). The molecule has 0 aliphatic carbocycles. The van der Waals surface area contributed by atoms with Gasteiger partial charge in [-0.3, -0.25) is 0 Å². The summed E-state index contributed by atoms with van der Waals surface area (Å²) < 4.78 is 6.89. The van der Waals surface area contributed by atoms with Crippen LogP contribution in [0.1, 0.15) is 12.0 Å². The molecule has 6 nitrogen and oxygen atoms in total. The third-order valence-corrected chi connectivity index (χ3v) is 3.22. The molecule has 0 amide bonds. The summed E-state index contributed by atoms with van der Waals surface area (Å²) in [6, 6.07) is 7.13. The quantitative estimate of drug-likeness (QED) is 0.850. The van der Waals surface area contributed by atoms with Crippen molar-refractivity contribution < 1.29 is 14.6 Å². The van der Waals surface area contributed by atoms with E-state index in [2.05, 4.69) is 10.1 Å². The largest absolute Gasteiger partial charge is 0.493 e. The van der Waals surface area contributed by atoms with Crippen LogP contribution in [-0.4, -0.2) is 32.4 Å². The van der Waals surface area contributed by atoms with Gasteiger partial charge < -0.3 is 9.84 Å². The average molecular weight is 245 g/mol. The van der Waals surface area contributed by atoms with Gasteiger partial charge in [0.15, 0.2) is 5.54 Å². The smallest absolute Gasteiger partial charge is 0.336 e. The minimum absolute atomic E-state index is 0.322. The number of hydrogen-bond donors (Lipinski definition) is 1. The van der Waals surface area contributed by atoms with Crippen molar-refractivity contribution in [1.29, 1.82) is 0 Å². The van der Waals surface area contributed by atoms with Crippen molar-refractivity contribution in [1.82, 2.24) is 14.8 Å². The number of aromatic nitrogens is 3. The molecule has 0 fully saturated rings. The first-order valence-electron chi connectivity index (χ1n) is 5.56. The van der Waals surface area contributed by atoms with Crippen LogP contribution in [0.4, 0.5) is 0 Å². The fraction of sp³-hybridized carbons (Fsp3) is 0.250. The Hall–Kier alpha value is -2.37. The van der Waals surface area contributed by atoms with E-state index in [0.717, 1.165) is 0 Å². The van der Waals surface area contributed by atoms with Crippen LogP contribution in [0.25, 0.3) is 0 Å². The van der Waals surface area contributed by atoms with Gasteiger partial charge in [0.25, 0.3) is 0 Å². The summed E-state index contributed by atoms with van der Waals surface area (Å²) in [6.07, 6.45) is 3.09. The van der Waals surface area contributed by atoms with Crippen LogP contribution >= 0.6 is 0 Å². The van der Waals surface area contributed by atoms with Crippen molar-refractivity contribution in [3.8, 4) is 5.75 Å². The number of carbonyl (C=O) groups is 1. The molecule has 1 aliphatic heterocycles. The van der Waals surface area contributed by atoms with Crippen molar-refractivity contribution >= 4 is 5.97 Å². The first-order valence-corrected chi connectivity index (χ1v) is 5.56. The van der Waals surface area contributed by atoms with E-state index in [1.807, 2.05) is 6.07 Å². The zero-order chi connectivity index (χ0) is 12.6. The predicted molar refractivity (Wildman–Crippen MR) is 61.3 cm³/mol. The molecule has 1 aromatic carbocycles. The topological polar surface area (TPSA) is 77.2 Å². The minimum atomic E-state index is -1.23. The Kier molecular flexibility index (Phi) is 2.29. The van der Waals surface area contributed by atoms with E-state index < -0.39 is 11.5 Å². The molecule has 18 heavy (non-hydrogen) atoms. The normalized spacial score (nSPS) is 22.0. The first kappa shape index (κ1) is 10.8. The highest BCUT2D eigenvalue weighted by atomic mass is 16.5. The van der Waals surface area contributed by atoms with Crippen LogP contribution < -0.4 is 4.74 Å². The number of carboxylic acids is 1. The molecule has 6 heteroatoms. The van der Waals surface area contributed by atoms with Gasteiger partial charge in [-0.05, 0) is 6.07 Å². The molecule has 1 atom stereocenters. The average Bonchev–Trinajstić information content (AvgIpc) is 2.92. The maximum absolute atomic E-state index is 11.8. The van der Waals surface area contributed by atoms with E-state index in [-0.39, 0.29) is 0 Å². The second-order valence-electron chi connectivity index (χ2n) is 4.10. The Bertz CT molecular complexity index is 582. The Morgan fingerprint density at radius 1 is 1.44 bits per heavy atom. The summed E-state index contributed by atoms with van der Waals surface area (Å²) in [5.74, 6) is -0.370. The second-order valence-corrected chi connectivity index (χ2v) is 4.10. The fourth-order valence-corrected chi connectivity index (χ4v) is 2.34. The van der Waals surface area contributed by atoms with E-state index >= 15 is 0 Å². The number of benzene rings is 1. The molecular weight excluding hydrogens is 234 g/mol. The highest BCUT2D eigenvalue weighted by Gasteiger charge is 2.47. The van der Waals surface area contributed by atoms with E-state index in [0.29, 0.717) is 24.3 Å². The maximum Gasteiger partial charge on any atom is 0.336 e. The van der Waals surface area contributed by atoms with Crippen LogP contribution in [0.3, 0.4) is 0 Å². The molecule has 3 rings (SSSR count). The number of ether oxygens (including phenoxy) is 1. The predicted octanol–water partition coefficient (Wildman–Crippen LogP) is 0.889. The molecule has 1 aliphatic rings. The van der Waals surface area contributed by atoms with Crippen LogP contribution in [-0.2, 0) is 10.3 Å². The number of aliphatic carboxylic acids is 1. The van der Waals surface area contributed by atoms with Gasteiger partial charge in [-0.1, -0.05) is 18.2 Å². The number of rotatable bonds is 2. The molecule has 0 saturated carbocycles. The maximum atomic E-state index is 11.8. The number of para-hydroxylation sites is 1. The van der Waals surface area contributed by atoms with Crippen molar-refractivity contribution in [3.63, 3.8) is 0 Å². The van der Waals surface area contributed by atoms with Gasteiger partial charge in [-0.15, -0.1) is 0 Å².